The van der Waals surface area contributed by atoms with Gasteiger partial charge in [-0.1, -0.05) is 6.07 Å². The number of para-hydroxylation sites is 1. The van der Waals surface area contributed by atoms with Crippen molar-refractivity contribution in [3.8, 4) is 0 Å². The molecule has 98 valence electrons. The molecule has 1 heterocycles. The second kappa shape index (κ2) is 5.04. The van der Waals surface area contributed by atoms with Crippen LogP contribution >= 0.6 is 0 Å². The summed E-state index contributed by atoms with van der Waals surface area (Å²) in [6, 6.07) is 4.64. The average Bonchev–Trinajstić information content (AvgIpc) is 2.70. The van der Waals surface area contributed by atoms with Crippen LogP contribution in [0.25, 0.3) is 11.0 Å². The lowest BCUT2D eigenvalue weighted by atomic mass is 10.2. The van der Waals surface area contributed by atoms with Crippen LogP contribution in [-0.2, 0) is 0 Å². The van der Waals surface area contributed by atoms with E-state index in [2.05, 4.69) is 4.98 Å². The topological polar surface area (TPSA) is 64.1 Å². The minimum Gasteiger partial charge on any atom is -0.396 e. The third-order valence-electron chi connectivity index (χ3n) is 2.99. The number of rotatable bonds is 4. The minimum absolute atomic E-state index is 0.00898. The van der Waals surface area contributed by atoms with Gasteiger partial charge in [0.15, 0.2) is 5.82 Å². The Bertz CT molecular complexity index is 550. The quantitative estimate of drug-likeness (QED) is 0.875. The molecule has 0 aliphatic rings. The van der Waals surface area contributed by atoms with E-state index in [1.807, 2.05) is 24.5 Å². The molecule has 0 aliphatic carbocycles. The highest BCUT2D eigenvalue weighted by atomic mass is 19.1. The number of nitrogens with zero attached hydrogens (tertiary/aromatic N) is 2. The van der Waals surface area contributed by atoms with Gasteiger partial charge < -0.3 is 15.4 Å². The Morgan fingerprint density at radius 1 is 1.44 bits per heavy atom. The molecule has 1 atom stereocenters. The predicted octanol–water partition coefficient (Wildman–Crippen LogP) is 2.14. The van der Waals surface area contributed by atoms with Crippen LogP contribution in [0.5, 0.6) is 0 Å². The van der Waals surface area contributed by atoms with Crippen molar-refractivity contribution < 1.29 is 9.50 Å². The first-order chi connectivity index (χ1) is 8.56. The molecule has 5 heteroatoms. The van der Waals surface area contributed by atoms with E-state index in [0.717, 1.165) is 5.52 Å². The number of hydrogen-bond donors (Lipinski definition) is 2. The summed E-state index contributed by atoms with van der Waals surface area (Å²) in [5, 5.41) is 8.97. The summed E-state index contributed by atoms with van der Waals surface area (Å²) in [6.45, 7) is 3.99. The number of fused-ring (bicyclic) bond motifs is 1. The van der Waals surface area contributed by atoms with Gasteiger partial charge in [-0.2, -0.15) is 0 Å². The summed E-state index contributed by atoms with van der Waals surface area (Å²) < 4.78 is 15.7. The van der Waals surface area contributed by atoms with Crippen molar-refractivity contribution in [1.29, 1.82) is 0 Å². The van der Waals surface area contributed by atoms with Crippen LogP contribution in [0.3, 0.4) is 0 Å². The number of imidazole rings is 1. The van der Waals surface area contributed by atoms with Gasteiger partial charge in [0.2, 0.25) is 0 Å². The smallest absolute Gasteiger partial charge is 0.151 e. The molecule has 0 fully saturated rings. The highest BCUT2D eigenvalue weighted by molar-refractivity contribution is 5.77. The van der Waals surface area contributed by atoms with Gasteiger partial charge in [0.25, 0.3) is 0 Å². The van der Waals surface area contributed by atoms with Crippen LogP contribution < -0.4 is 5.73 Å². The van der Waals surface area contributed by atoms with E-state index in [-0.39, 0.29) is 24.5 Å². The Balaban J connectivity index is 2.65. The minimum atomic E-state index is -0.385. The molecule has 0 spiro atoms. The Morgan fingerprint density at radius 3 is 2.78 bits per heavy atom. The predicted molar refractivity (Wildman–Crippen MR) is 68.7 cm³/mol. The fourth-order valence-electron chi connectivity index (χ4n) is 2.17. The lowest BCUT2D eigenvalue weighted by molar-refractivity contribution is 0.273. The highest BCUT2D eigenvalue weighted by Gasteiger charge is 2.20. The van der Waals surface area contributed by atoms with Crippen LogP contribution in [0.4, 0.5) is 4.39 Å². The van der Waals surface area contributed by atoms with Gasteiger partial charge in [-0.3, -0.25) is 0 Å². The number of aliphatic hydroxyl groups excluding tert-OH is 1. The third kappa shape index (κ3) is 2.11. The van der Waals surface area contributed by atoms with E-state index in [4.69, 9.17) is 10.8 Å². The first-order valence-corrected chi connectivity index (χ1v) is 6.09. The molecule has 0 bridgehead atoms. The molecule has 2 rings (SSSR count). The molecule has 0 saturated carbocycles. The van der Waals surface area contributed by atoms with E-state index < -0.39 is 0 Å². The van der Waals surface area contributed by atoms with Crippen molar-refractivity contribution in [2.75, 3.05) is 6.61 Å². The molecule has 0 aliphatic heterocycles. The van der Waals surface area contributed by atoms with Crippen LogP contribution in [0.1, 0.15) is 38.2 Å². The molecule has 18 heavy (non-hydrogen) atoms. The molecule has 1 unspecified atom stereocenters. The third-order valence-corrected chi connectivity index (χ3v) is 2.99. The largest absolute Gasteiger partial charge is 0.396 e. The molecule has 0 radical (unpaired) electrons. The van der Waals surface area contributed by atoms with Gasteiger partial charge in [0, 0.05) is 12.6 Å². The van der Waals surface area contributed by atoms with Crippen molar-refractivity contribution in [1.82, 2.24) is 9.55 Å². The Morgan fingerprint density at radius 2 is 2.17 bits per heavy atom. The monoisotopic (exact) mass is 251 g/mol. The van der Waals surface area contributed by atoms with Crippen LogP contribution in [0.2, 0.25) is 0 Å². The van der Waals surface area contributed by atoms with Crippen molar-refractivity contribution in [2.24, 2.45) is 5.73 Å². The first kappa shape index (κ1) is 13.0. The Labute approximate surface area is 105 Å². The Hall–Kier alpha value is -1.46. The SMILES string of the molecule is CC(C)n1c(C(N)CCO)nc2c(F)cccc21. The van der Waals surface area contributed by atoms with Gasteiger partial charge in [-0.25, -0.2) is 9.37 Å². The summed E-state index contributed by atoms with van der Waals surface area (Å²) in [6.07, 6.45) is 0.414. The summed E-state index contributed by atoms with van der Waals surface area (Å²) in [5.41, 5.74) is 7.08. The normalized spacial score (nSPS) is 13.4. The molecule has 1 aromatic heterocycles. The van der Waals surface area contributed by atoms with Crippen molar-refractivity contribution in [2.45, 2.75) is 32.4 Å². The van der Waals surface area contributed by atoms with Gasteiger partial charge in [0.05, 0.1) is 11.6 Å². The number of nitrogens with two attached hydrogens (primary N) is 1. The molecule has 0 amide bonds. The first-order valence-electron chi connectivity index (χ1n) is 6.09. The molecule has 0 saturated heterocycles. The lowest BCUT2D eigenvalue weighted by Gasteiger charge is -2.16. The number of hydrogen-bond acceptors (Lipinski definition) is 3. The van der Waals surface area contributed by atoms with Gasteiger partial charge in [0.1, 0.15) is 11.3 Å². The summed E-state index contributed by atoms with van der Waals surface area (Å²) in [7, 11) is 0. The van der Waals surface area contributed by atoms with E-state index in [9.17, 15) is 4.39 Å². The van der Waals surface area contributed by atoms with E-state index in [0.29, 0.717) is 17.8 Å². The van der Waals surface area contributed by atoms with Gasteiger partial charge in [-0.15, -0.1) is 0 Å². The molecule has 2 aromatic rings. The molecular weight excluding hydrogens is 233 g/mol. The summed E-state index contributed by atoms with van der Waals surface area (Å²) >= 11 is 0. The second-order valence-electron chi connectivity index (χ2n) is 4.66. The van der Waals surface area contributed by atoms with Crippen molar-refractivity contribution in [3.63, 3.8) is 0 Å². The number of aromatic nitrogens is 2. The zero-order valence-electron chi connectivity index (χ0n) is 10.6. The van der Waals surface area contributed by atoms with Gasteiger partial charge >= 0.3 is 0 Å². The Kier molecular flexibility index (Phi) is 3.63. The fraction of sp³-hybridized carbons (Fsp3) is 0.462. The summed E-state index contributed by atoms with van der Waals surface area (Å²) in [4.78, 5) is 4.30. The van der Waals surface area contributed by atoms with E-state index in [1.165, 1.54) is 6.07 Å². The van der Waals surface area contributed by atoms with Crippen LogP contribution in [0.15, 0.2) is 18.2 Å². The standard InChI is InChI=1S/C13H18FN3O/c1-8(2)17-11-5-3-4-9(14)12(11)16-13(17)10(15)6-7-18/h3-5,8,10,18H,6-7,15H2,1-2H3. The maximum Gasteiger partial charge on any atom is 0.151 e. The number of halogens is 1. The van der Waals surface area contributed by atoms with E-state index >= 15 is 0 Å². The van der Waals surface area contributed by atoms with Crippen LogP contribution in [-0.4, -0.2) is 21.3 Å². The maximum atomic E-state index is 13.7. The summed E-state index contributed by atoms with van der Waals surface area (Å²) in [5.74, 6) is 0.281. The second-order valence-corrected chi connectivity index (χ2v) is 4.66. The highest BCUT2D eigenvalue weighted by Crippen LogP contribution is 2.26. The zero-order valence-corrected chi connectivity index (χ0v) is 10.6. The number of aliphatic hydroxyl groups is 1. The van der Waals surface area contributed by atoms with E-state index in [1.54, 1.807) is 6.07 Å². The molecule has 3 N–H and O–H groups in total. The maximum absolute atomic E-state index is 13.7. The average molecular weight is 251 g/mol. The van der Waals surface area contributed by atoms with Crippen molar-refractivity contribution >= 4 is 11.0 Å². The lowest BCUT2D eigenvalue weighted by Crippen LogP contribution is -2.19. The zero-order chi connectivity index (χ0) is 13.3. The molecule has 1 aromatic carbocycles. The van der Waals surface area contributed by atoms with Gasteiger partial charge in [-0.05, 0) is 32.4 Å². The fourth-order valence-corrected chi connectivity index (χ4v) is 2.17. The van der Waals surface area contributed by atoms with Crippen LogP contribution in [0, 0.1) is 5.82 Å². The van der Waals surface area contributed by atoms with Crippen molar-refractivity contribution in [3.05, 3.63) is 29.8 Å². The molecular formula is C13H18FN3O. The number of benzene rings is 1. The molecule has 4 nitrogen and oxygen atoms in total.